The molecule has 1 aromatic heterocycles. The number of furan rings is 1. The predicted octanol–water partition coefficient (Wildman–Crippen LogP) is 1.39. The summed E-state index contributed by atoms with van der Waals surface area (Å²) in [6, 6.07) is 9.72. The molecule has 2 heterocycles. The SMILES string of the molecule is O=C(NCc1ccc(S(=O)(=O)N2CCCCC2)cc1)C(=O)NCc1ccco1. The summed E-state index contributed by atoms with van der Waals surface area (Å²) in [5.41, 5.74) is 0.699. The first-order valence-corrected chi connectivity index (χ1v) is 10.6. The second-order valence-electron chi connectivity index (χ2n) is 6.55. The molecular formula is C19H23N3O5S. The smallest absolute Gasteiger partial charge is 0.309 e. The van der Waals surface area contributed by atoms with Gasteiger partial charge >= 0.3 is 11.8 Å². The van der Waals surface area contributed by atoms with Crippen molar-refractivity contribution in [3.05, 3.63) is 54.0 Å². The maximum atomic E-state index is 12.6. The van der Waals surface area contributed by atoms with Crippen LogP contribution < -0.4 is 10.6 Å². The normalized spacial score (nSPS) is 15.1. The number of carbonyl (C=O) groups is 2. The topological polar surface area (TPSA) is 109 Å². The largest absolute Gasteiger partial charge is 0.467 e. The molecule has 0 saturated carbocycles. The molecule has 0 bridgehead atoms. The number of piperidine rings is 1. The zero-order valence-corrected chi connectivity index (χ0v) is 16.2. The fourth-order valence-electron chi connectivity index (χ4n) is 2.96. The summed E-state index contributed by atoms with van der Waals surface area (Å²) in [5.74, 6) is -0.982. The molecule has 0 spiro atoms. The maximum absolute atomic E-state index is 12.6. The third-order valence-corrected chi connectivity index (χ3v) is 6.45. The van der Waals surface area contributed by atoms with Gasteiger partial charge in [0.15, 0.2) is 0 Å². The molecule has 2 amide bonds. The molecule has 1 fully saturated rings. The van der Waals surface area contributed by atoms with Crippen molar-refractivity contribution in [3.8, 4) is 0 Å². The van der Waals surface area contributed by atoms with Crippen LogP contribution in [-0.2, 0) is 32.7 Å². The number of nitrogens with one attached hydrogen (secondary N) is 2. The summed E-state index contributed by atoms with van der Waals surface area (Å²) >= 11 is 0. The molecule has 3 rings (SSSR count). The Labute approximate surface area is 164 Å². The van der Waals surface area contributed by atoms with Crippen molar-refractivity contribution >= 4 is 21.8 Å². The number of amides is 2. The molecule has 8 nitrogen and oxygen atoms in total. The van der Waals surface area contributed by atoms with Crippen LogP contribution in [0.2, 0.25) is 0 Å². The number of hydrogen-bond donors (Lipinski definition) is 2. The first-order chi connectivity index (χ1) is 13.5. The van der Waals surface area contributed by atoms with E-state index < -0.39 is 21.8 Å². The number of sulfonamides is 1. The Hall–Kier alpha value is -2.65. The standard InChI is InChI=1S/C19H23N3O5S/c23-18(19(24)21-14-16-5-4-12-27-16)20-13-15-6-8-17(9-7-15)28(25,26)22-10-2-1-3-11-22/h4-9,12H,1-3,10-11,13-14H2,(H,20,23)(H,21,24). The third-order valence-electron chi connectivity index (χ3n) is 4.54. The van der Waals surface area contributed by atoms with Crippen LogP contribution in [0.4, 0.5) is 0 Å². The average molecular weight is 405 g/mol. The number of nitrogens with zero attached hydrogens (tertiary/aromatic N) is 1. The van der Waals surface area contributed by atoms with Crippen LogP contribution in [0, 0.1) is 0 Å². The minimum absolute atomic E-state index is 0.122. The van der Waals surface area contributed by atoms with Gasteiger partial charge in [0, 0.05) is 19.6 Å². The van der Waals surface area contributed by atoms with E-state index in [-0.39, 0.29) is 18.0 Å². The van der Waals surface area contributed by atoms with E-state index in [4.69, 9.17) is 4.42 Å². The van der Waals surface area contributed by atoms with Gasteiger partial charge in [-0.15, -0.1) is 0 Å². The van der Waals surface area contributed by atoms with Gasteiger partial charge in [-0.1, -0.05) is 18.6 Å². The third kappa shape index (κ3) is 4.99. The fraction of sp³-hybridized carbons (Fsp3) is 0.368. The molecule has 2 aromatic rings. The van der Waals surface area contributed by atoms with Crippen LogP contribution in [0.5, 0.6) is 0 Å². The Morgan fingerprint density at radius 3 is 2.18 bits per heavy atom. The first-order valence-electron chi connectivity index (χ1n) is 9.14. The highest BCUT2D eigenvalue weighted by molar-refractivity contribution is 7.89. The molecule has 1 saturated heterocycles. The summed E-state index contributed by atoms with van der Waals surface area (Å²) in [6.07, 6.45) is 4.30. The molecule has 1 aliphatic heterocycles. The summed E-state index contributed by atoms with van der Waals surface area (Å²) in [6.45, 7) is 1.35. The number of benzene rings is 1. The van der Waals surface area contributed by atoms with E-state index in [1.165, 1.54) is 22.7 Å². The summed E-state index contributed by atoms with van der Waals surface area (Å²) in [4.78, 5) is 23.9. The second kappa shape index (κ2) is 9.03. The van der Waals surface area contributed by atoms with E-state index in [9.17, 15) is 18.0 Å². The van der Waals surface area contributed by atoms with Crippen molar-refractivity contribution in [2.75, 3.05) is 13.1 Å². The van der Waals surface area contributed by atoms with Crippen LogP contribution in [-0.4, -0.2) is 37.6 Å². The molecule has 0 atom stereocenters. The van der Waals surface area contributed by atoms with Gasteiger partial charge in [-0.25, -0.2) is 8.42 Å². The van der Waals surface area contributed by atoms with Gasteiger partial charge in [-0.3, -0.25) is 9.59 Å². The van der Waals surface area contributed by atoms with E-state index in [1.807, 2.05) is 0 Å². The second-order valence-corrected chi connectivity index (χ2v) is 8.49. The predicted molar refractivity (Wildman–Crippen MR) is 101 cm³/mol. The van der Waals surface area contributed by atoms with Gasteiger partial charge in [0.05, 0.1) is 17.7 Å². The summed E-state index contributed by atoms with van der Waals surface area (Å²) in [7, 11) is -3.48. The molecule has 2 N–H and O–H groups in total. The minimum Gasteiger partial charge on any atom is -0.467 e. The van der Waals surface area contributed by atoms with Crippen molar-refractivity contribution < 1.29 is 22.4 Å². The fourth-order valence-corrected chi connectivity index (χ4v) is 4.47. The van der Waals surface area contributed by atoms with E-state index in [2.05, 4.69) is 10.6 Å². The average Bonchev–Trinajstić information content (AvgIpc) is 3.25. The number of hydrogen-bond acceptors (Lipinski definition) is 5. The zero-order valence-electron chi connectivity index (χ0n) is 15.4. The van der Waals surface area contributed by atoms with Crippen molar-refractivity contribution in [1.82, 2.24) is 14.9 Å². The molecule has 1 aliphatic rings. The van der Waals surface area contributed by atoms with Gasteiger partial charge in [0.25, 0.3) is 0 Å². The van der Waals surface area contributed by atoms with Gasteiger partial charge in [-0.05, 0) is 42.7 Å². The molecule has 28 heavy (non-hydrogen) atoms. The van der Waals surface area contributed by atoms with Crippen molar-refractivity contribution in [3.63, 3.8) is 0 Å². The Kier molecular flexibility index (Phi) is 6.48. The number of carbonyl (C=O) groups excluding carboxylic acids is 2. The number of rotatable bonds is 6. The Bertz CT molecular complexity index is 902. The zero-order chi connectivity index (χ0) is 20.0. The van der Waals surface area contributed by atoms with Crippen LogP contribution >= 0.6 is 0 Å². The molecule has 0 radical (unpaired) electrons. The first kappa shape index (κ1) is 20.1. The van der Waals surface area contributed by atoms with E-state index in [0.29, 0.717) is 24.4 Å². The Balaban J connectivity index is 1.51. The van der Waals surface area contributed by atoms with E-state index in [1.54, 1.807) is 24.3 Å². The summed E-state index contributed by atoms with van der Waals surface area (Å²) < 4.78 is 31.8. The van der Waals surface area contributed by atoms with Crippen molar-refractivity contribution in [2.24, 2.45) is 0 Å². The minimum atomic E-state index is -3.48. The van der Waals surface area contributed by atoms with E-state index in [0.717, 1.165) is 19.3 Å². The molecule has 150 valence electrons. The van der Waals surface area contributed by atoms with Gasteiger partial charge < -0.3 is 15.1 Å². The molecule has 9 heteroatoms. The van der Waals surface area contributed by atoms with Crippen LogP contribution in [0.1, 0.15) is 30.6 Å². The highest BCUT2D eigenvalue weighted by Gasteiger charge is 2.25. The Morgan fingerprint density at radius 2 is 1.57 bits per heavy atom. The van der Waals surface area contributed by atoms with Crippen LogP contribution in [0.25, 0.3) is 0 Å². The van der Waals surface area contributed by atoms with E-state index >= 15 is 0 Å². The molecule has 1 aromatic carbocycles. The summed E-state index contributed by atoms with van der Waals surface area (Å²) in [5, 5.41) is 4.97. The Morgan fingerprint density at radius 1 is 0.929 bits per heavy atom. The van der Waals surface area contributed by atoms with Gasteiger partial charge in [-0.2, -0.15) is 4.31 Å². The monoisotopic (exact) mass is 405 g/mol. The lowest BCUT2D eigenvalue weighted by atomic mass is 10.2. The van der Waals surface area contributed by atoms with Crippen molar-refractivity contribution in [2.45, 2.75) is 37.2 Å². The van der Waals surface area contributed by atoms with Gasteiger partial charge in [0.2, 0.25) is 10.0 Å². The lowest BCUT2D eigenvalue weighted by Gasteiger charge is -2.25. The molecule has 0 unspecified atom stereocenters. The quantitative estimate of drug-likeness (QED) is 0.706. The van der Waals surface area contributed by atoms with Crippen molar-refractivity contribution in [1.29, 1.82) is 0 Å². The van der Waals surface area contributed by atoms with Gasteiger partial charge in [0.1, 0.15) is 5.76 Å². The van der Waals surface area contributed by atoms with Crippen LogP contribution in [0.3, 0.4) is 0 Å². The maximum Gasteiger partial charge on any atom is 0.309 e. The molecular weight excluding hydrogens is 382 g/mol. The highest BCUT2D eigenvalue weighted by atomic mass is 32.2. The molecule has 0 aliphatic carbocycles. The highest BCUT2D eigenvalue weighted by Crippen LogP contribution is 2.20. The van der Waals surface area contributed by atoms with Crippen LogP contribution in [0.15, 0.2) is 52.0 Å². The lowest BCUT2D eigenvalue weighted by Crippen LogP contribution is -2.39. The lowest BCUT2D eigenvalue weighted by molar-refractivity contribution is -0.139.